The lowest BCUT2D eigenvalue weighted by atomic mass is 9.76. The van der Waals surface area contributed by atoms with Crippen LogP contribution in [0, 0.1) is 17.8 Å². The number of carbonyl (C=O) groups is 1. The van der Waals surface area contributed by atoms with Gasteiger partial charge in [0, 0.05) is 12.0 Å². The Morgan fingerprint density at radius 3 is 2.11 bits per heavy atom. The van der Waals surface area contributed by atoms with E-state index in [4.69, 9.17) is 9.47 Å². The van der Waals surface area contributed by atoms with Crippen molar-refractivity contribution < 1.29 is 45.7 Å². The third-order valence-electron chi connectivity index (χ3n) is 5.65. The number of rotatable bonds is 6. The molecule has 27 heavy (non-hydrogen) atoms. The molecule has 0 aromatic rings. The van der Waals surface area contributed by atoms with E-state index in [9.17, 15) is 36.2 Å². The maximum absolute atomic E-state index is 12.9. The van der Waals surface area contributed by atoms with Crippen LogP contribution in [-0.2, 0) is 14.3 Å². The smallest absolute Gasteiger partial charge is 0.428 e. The van der Waals surface area contributed by atoms with Crippen LogP contribution in [0.15, 0.2) is 12.7 Å². The largest absolute Gasteiger partial charge is 0.459 e. The zero-order valence-electron chi connectivity index (χ0n) is 14.9. The molecule has 2 saturated carbocycles. The summed E-state index contributed by atoms with van der Waals surface area (Å²) in [6.07, 6.45) is -9.53. The van der Waals surface area contributed by atoms with Crippen LogP contribution in [0.25, 0.3) is 0 Å². The van der Waals surface area contributed by atoms with E-state index in [-0.39, 0.29) is 11.8 Å². The second-order valence-corrected chi connectivity index (χ2v) is 7.71. The molecule has 4 atom stereocenters. The number of hydrogen-bond donors (Lipinski definition) is 1. The molecule has 2 bridgehead atoms. The Kier molecular flexibility index (Phi) is 5.66. The quantitative estimate of drug-likeness (QED) is 0.416. The summed E-state index contributed by atoms with van der Waals surface area (Å²) in [5.74, 6) is -1.39. The van der Waals surface area contributed by atoms with Crippen LogP contribution in [0.3, 0.4) is 0 Å². The normalized spacial score (nSPS) is 29.1. The van der Waals surface area contributed by atoms with Gasteiger partial charge in [-0.3, -0.25) is 0 Å². The first-order valence-electron chi connectivity index (χ1n) is 8.47. The predicted octanol–water partition coefficient (Wildman–Crippen LogP) is 3.78. The fourth-order valence-electron chi connectivity index (χ4n) is 4.26. The van der Waals surface area contributed by atoms with E-state index >= 15 is 0 Å². The van der Waals surface area contributed by atoms with Crippen LogP contribution in [0.4, 0.5) is 26.3 Å². The Bertz CT molecular complexity index is 569. The molecule has 4 unspecified atom stereocenters. The highest BCUT2D eigenvalue weighted by Crippen LogP contribution is 2.55. The molecule has 0 aliphatic heterocycles. The van der Waals surface area contributed by atoms with Gasteiger partial charge in [-0.05, 0) is 44.9 Å². The molecule has 10 heteroatoms. The predicted molar refractivity (Wildman–Crippen MR) is 81.5 cm³/mol. The Balaban J connectivity index is 2.21. The molecular formula is C17H22F6O4. The van der Waals surface area contributed by atoms with E-state index in [1.165, 1.54) is 13.8 Å². The maximum Gasteiger partial charge on any atom is 0.428 e. The molecule has 2 aliphatic rings. The van der Waals surface area contributed by atoms with Crippen LogP contribution >= 0.6 is 0 Å². The molecule has 1 N–H and O–H groups in total. The van der Waals surface area contributed by atoms with E-state index < -0.39 is 48.2 Å². The lowest BCUT2D eigenvalue weighted by Crippen LogP contribution is -2.61. The zero-order chi connectivity index (χ0) is 20.8. The van der Waals surface area contributed by atoms with Crippen molar-refractivity contribution in [1.29, 1.82) is 0 Å². The highest BCUT2D eigenvalue weighted by atomic mass is 19.4. The third-order valence-corrected chi connectivity index (χ3v) is 5.65. The molecule has 2 aliphatic carbocycles. The van der Waals surface area contributed by atoms with Crippen LogP contribution in [0.2, 0.25) is 0 Å². The fraction of sp³-hybridized carbons (Fsp3) is 0.824. The average molecular weight is 404 g/mol. The number of halogens is 6. The van der Waals surface area contributed by atoms with Gasteiger partial charge in [-0.25, -0.2) is 4.79 Å². The molecule has 0 amide bonds. The van der Waals surface area contributed by atoms with Gasteiger partial charge in [0.05, 0.1) is 12.2 Å². The van der Waals surface area contributed by atoms with E-state index in [1.54, 1.807) is 0 Å². The molecule has 0 radical (unpaired) electrons. The monoisotopic (exact) mass is 404 g/mol. The molecular weight excluding hydrogens is 382 g/mol. The van der Waals surface area contributed by atoms with Gasteiger partial charge in [-0.2, -0.15) is 26.3 Å². The summed E-state index contributed by atoms with van der Waals surface area (Å²) >= 11 is 0. The van der Waals surface area contributed by atoms with E-state index in [2.05, 4.69) is 6.58 Å². The molecule has 0 aromatic carbocycles. The van der Waals surface area contributed by atoms with Crippen molar-refractivity contribution in [1.82, 2.24) is 0 Å². The lowest BCUT2D eigenvalue weighted by Gasteiger charge is -2.43. The van der Waals surface area contributed by atoms with Crippen molar-refractivity contribution in [3.8, 4) is 0 Å². The highest BCUT2D eigenvalue weighted by Gasteiger charge is 2.71. The van der Waals surface area contributed by atoms with Crippen LogP contribution in [0.1, 0.15) is 33.1 Å². The van der Waals surface area contributed by atoms with Crippen molar-refractivity contribution in [3.63, 3.8) is 0 Å². The summed E-state index contributed by atoms with van der Waals surface area (Å²) in [6.45, 7) is 3.98. The minimum absolute atomic E-state index is 0.0316. The average Bonchev–Trinajstić information content (AvgIpc) is 3.11. The molecule has 0 spiro atoms. The number of ether oxygens (including phenoxy) is 2. The summed E-state index contributed by atoms with van der Waals surface area (Å²) in [5, 5.41) is 9.30. The topological polar surface area (TPSA) is 55.8 Å². The Morgan fingerprint density at radius 1 is 1.11 bits per heavy atom. The standard InChI is InChI=1S/C17H22F6O4/c1-4-11(24)27-13-10-6-5-9(7-10)12(13)14(2,3)26-8-15(25,16(18,19)20)17(21,22)23/h4,9-10,12-13,25H,1,5-8H2,2-3H3. The number of hydrogen-bond acceptors (Lipinski definition) is 4. The Morgan fingerprint density at radius 2 is 1.63 bits per heavy atom. The summed E-state index contributed by atoms with van der Waals surface area (Å²) in [5.41, 5.74) is -6.47. The van der Waals surface area contributed by atoms with Gasteiger partial charge in [0.15, 0.2) is 0 Å². The number of fused-ring (bicyclic) bond motifs is 2. The van der Waals surface area contributed by atoms with Crippen molar-refractivity contribution >= 4 is 5.97 Å². The third kappa shape index (κ3) is 3.96. The molecule has 0 heterocycles. The van der Waals surface area contributed by atoms with E-state index in [0.29, 0.717) is 12.8 Å². The molecule has 156 valence electrons. The molecule has 0 saturated heterocycles. The maximum atomic E-state index is 12.9. The SMILES string of the molecule is C=CC(=O)OC1C2CCC(C2)C1C(C)(C)OCC(O)(C(F)(F)F)C(F)(F)F. The first-order chi connectivity index (χ1) is 12.1. The Hall–Kier alpha value is -1.29. The van der Waals surface area contributed by atoms with Gasteiger partial charge in [0.25, 0.3) is 5.60 Å². The number of aliphatic hydroxyl groups is 1. The minimum Gasteiger partial charge on any atom is -0.459 e. The number of alkyl halides is 6. The van der Waals surface area contributed by atoms with Gasteiger partial charge < -0.3 is 14.6 Å². The molecule has 0 aromatic heterocycles. The van der Waals surface area contributed by atoms with E-state index in [1.807, 2.05) is 0 Å². The summed E-state index contributed by atoms with van der Waals surface area (Å²) in [6, 6.07) is 0. The Labute approximate surface area is 152 Å². The van der Waals surface area contributed by atoms with Gasteiger partial charge >= 0.3 is 18.3 Å². The first kappa shape index (κ1) is 22.0. The number of carbonyl (C=O) groups excluding carboxylic acids is 1. The molecule has 2 rings (SSSR count). The fourth-order valence-corrected chi connectivity index (χ4v) is 4.26. The first-order valence-corrected chi connectivity index (χ1v) is 8.47. The van der Waals surface area contributed by atoms with Crippen LogP contribution < -0.4 is 0 Å². The van der Waals surface area contributed by atoms with Gasteiger partial charge in [0.1, 0.15) is 6.10 Å². The highest BCUT2D eigenvalue weighted by molar-refractivity contribution is 5.81. The van der Waals surface area contributed by atoms with Gasteiger partial charge in [-0.15, -0.1) is 0 Å². The summed E-state index contributed by atoms with van der Waals surface area (Å²) in [4.78, 5) is 11.6. The van der Waals surface area contributed by atoms with Crippen molar-refractivity contribution in [2.24, 2.45) is 17.8 Å². The number of esters is 1. The van der Waals surface area contributed by atoms with Gasteiger partial charge in [0.2, 0.25) is 0 Å². The lowest BCUT2D eigenvalue weighted by molar-refractivity contribution is -0.383. The minimum atomic E-state index is -5.95. The summed E-state index contributed by atoms with van der Waals surface area (Å²) < 4.78 is 87.5. The van der Waals surface area contributed by atoms with E-state index in [0.717, 1.165) is 12.5 Å². The van der Waals surface area contributed by atoms with Crippen LogP contribution in [0.5, 0.6) is 0 Å². The zero-order valence-corrected chi connectivity index (χ0v) is 14.9. The second kappa shape index (κ2) is 6.95. The van der Waals surface area contributed by atoms with Gasteiger partial charge in [-0.1, -0.05) is 6.58 Å². The van der Waals surface area contributed by atoms with Crippen molar-refractivity contribution in [2.45, 2.75) is 62.8 Å². The second-order valence-electron chi connectivity index (χ2n) is 7.71. The molecule has 4 nitrogen and oxygen atoms in total. The summed E-state index contributed by atoms with van der Waals surface area (Å²) in [7, 11) is 0. The van der Waals surface area contributed by atoms with Crippen LogP contribution in [-0.4, -0.2) is 47.3 Å². The van der Waals surface area contributed by atoms with Crippen molar-refractivity contribution in [3.05, 3.63) is 12.7 Å². The molecule has 2 fully saturated rings. The van der Waals surface area contributed by atoms with Crippen molar-refractivity contribution in [2.75, 3.05) is 6.61 Å².